The standard InChI is InChI=1S/C18H20N4O3/c1-22-9-13(8-20-22)25-17-11-24-10-16(17)21-18(23)6-12-7-19-15-5-3-2-4-14(12)15/h2-5,7-9,16-17,19H,6,10-11H2,1H3,(H,21,23)/t16-,17+/m0/s1. The number of hydrogen-bond acceptors (Lipinski definition) is 4. The molecule has 0 bridgehead atoms. The van der Waals surface area contributed by atoms with Crippen LogP contribution in [0.4, 0.5) is 0 Å². The smallest absolute Gasteiger partial charge is 0.224 e. The third kappa shape index (κ3) is 3.36. The highest BCUT2D eigenvalue weighted by molar-refractivity contribution is 5.88. The fourth-order valence-electron chi connectivity index (χ4n) is 3.13. The summed E-state index contributed by atoms with van der Waals surface area (Å²) < 4.78 is 13.0. The number of carbonyl (C=O) groups is 1. The zero-order chi connectivity index (χ0) is 17.2. The molecule has 0 saturated carbocycles. The lowest BCUT2D eigenvalue weighted by Crippen LogP contribution is -2.45. The molecule has 2 atom stereocenters. The molecule has 7 heteroatoms. The van der Waals surface area contributed by atoms with Crippen LogP contribution in [-0.2, 0) is 23.0 Å². The largest absolute Gasteiger partial charge is 0.482 e. The number of benzene rings is 1. The fourth-order valence-corrected chi connectivity index (χ4v) is 3.13. The Kier molecular flexibility index (Phi) is 4.15. The van der Waals surface area contributed by atoms with Gasteiger partial charge in [-0.05, 0) is 11.6 Å². The van der Waals surface area contributed by atoms with Crippen LogP contribution in [-0.4, -0.2) is 46.0 Å². The SMILES string of the molecule is Cn1cc(O[C@@H]2COC[C@@H]2NC(=O)Cc2c[nH]c3ccccc23)cn1. The molecule has 0 aliphatic carbocycles. The lowest BCUT2D eigenvalue weighted by molar-refractivity contribution is -0.121. The number of aromatic amines is 1. The van der Waals surface area contributed by atoms with Gasteiger partial charge in [-0.2, -0.15) is 5.10 Å². The number of para-hydroxylation sites is 1. The van der Waals surface area contributed by atoms with E-state index in [-0.39, 0.29) is 18.1 Å². The van der Waals surface area contributed by atoms with Crippen molar-refractivity contribution in [3.05, 3.63) is 48.4 Å². The summed E-state index contributed by atoms with van der Waals surface area (Å²) in [6.07, 6.45) is 5.45. The number of nitrogens with zero attached hydrogens (tertiary/aromatic N) is 2. The number of hydrogen-bond donors (Lipinski definition) is 2. The van der Waals surface area contributed by atoms with Gasteiger partial charge in [-0.1, -0.05) is 18.2 Å². The van der Waals surface area contributed by atoms with Gasteiger partial charge in [-0.3, -0.25) is 9.48 Å². The van der Waals surface area contributed by atoms with Gasteiger partial charge in [0.25, 0.3) is 0 Å². The molecule has 2 aromatic heterocycles. The Hall–Kier alpha value is -2.80. The summed E-state index contributed by atoms with van der Waals surface area (Å²) in [7, 11) is 1.83. The third-order valence-corrected chi connectivity index (χ3v) is 4.37. The van der Waals surface area contributed by atoms with Crippen LogP contribution in [0.3, 0.4) is 0 Å². The number of rotatable bonds is 5. The second-order valence-corrected chi connectivity index (χ2v) is 6.25. The summed E-state index contributed by atoms with van der Waals surface area (Å²) in [5, 5.41) is 8.19. The van der Waals surface area contributed by atoms with E-state index in [1.54, 1.807) is 17.1 Å². The Morgan fingerprint density at radius 1 is 1.44 bits per heavy atom. The molecule has 0 radical (unpaired) electrons. The number of H-pyrrole nitrogens is 1. The minimum absolute atomic E-state index is 0.0416. The van der Waals surface area contributed by atoms with Crippen LogP contribution in [0.15, 0.2) is 42.9 Å². The van der Waals surface area contributed by atoms with Crippen molar-refractivity contribution < 1.29 is 14.3 Å². The van der Waals surface area contributed by atoms with Gasteiger partial charge in [0.2, 0.25) is 5.91 Å². The highest BCUT2D eigenvalue weighted by atomic mass is 16.5. The maximum atomic E-state index is 12.5. The molecule has 3 heterocycles. The highest BCUT2D eigenvalue weighted by Gasteiger charge is 2.31. The van der Waals surface area contributed by atoms with Crippen LogP contribution in [0.5, 0.6) is 5.75 Å². The number of ether oxygens (including phenoxy) is 2. The minimum atomic E-state index is -0.212. The zero-order valence-electron chi connectivity index (χ0n) is 13.9. The van der Waals surface area contributed by atoms with Crippen LogP contribution >= 0.6 is 0 Å². The van der Waals surface area contributed by atoms with E-state index in [1.807, 2.05) is 37.5 Å². The van der Waals surface area contributed by atoms with Crippen LogP contribution in [0.25, 0.3) is 10.9 Å². The second kappa shape index (κ2) is 6.60. The molecular weight excluding hydrogens is 320 g/mol. The summed E-state index contributed by atoms with van der Waals surface area (Å²) in [6.45, 7) is 0.900. The maximum Gasteiger partial charge on any atom is 0.224 e. The molecule has 0 unspecified atom stereocenters. The highest BCUT2D eigenvalue weighted by Crippen LogP contribution is 2.19. The molecule has 1 aromatic carbocycles. The normalized spacial score (nSPS) is 20.0. The van der Waals surface area contributed by atoms with E-state index in [4.69, 9.17) is 9.47 Å². The first-order valence-electron chi connectivity index (χ1n) is 8.26. The van der Waals surface area contributed by atoms with Crippen molar-refractivity contribution in [3.63, 3.8) is 0 Å². The summed E-state index contributed by atoms with van der Waals surface area (Å²) in [4.78, 5) is 15.7. The molecule has 130 valence electrons. The topological polar surface area (TPSA) is 81.2 Å². The van der Waals surface area contributed by atoms with Crippen LogP contribution in [0.1, 0.15) is 5.56 Å². The number of aromatic nitrogens is 3. The summed E-state index contributed by atoms with van der Waals surface area (Å²) in [6, 6.07) is 7.79. The van der Waals surface area contributed by atoms with Gasteiger partial charge in [0, 0.05) is 24.1 Å². The molecule has 1 aliphatic rings. The number of amides is 1. The molecule has 1 aliphatic heterocycles. The molecule has 1 fully saturated rings. The maximum absolute atomic E-state index is 12.5. The zero-order valence-corrected chi connectivity index (χ0v) is 13.9. The average molecular weight is 340 g/mol. The monoisotopic (exact) mass is 340 g/mol. The Morgan fingerprint density at radius 3 is 3.16 bits per heavy atom. The van der Waals surface area contributed by atoms with Gasteiger partial charge in [-0.15, -0.1) is 0 Å². The van der Waals surface area contributed by atoms with E-state index in [1.165, 1.54) is 0 Å². The van der Waals surface area contributed by atoms with E-state index in [0.29, 0.717) is 25.4 Å². The number of fused-ring (bicyclic) bond motifs is 1. The summed E-state index contributed by atoms with van der Waals surface area (Å²) >= 11 is 0. The molecular formula is C18H20N4O3. The molecule has 1 saturated heterocycles. The van der Waals surface area contributed by atoms with Crippen molar-refractivity contribution >= 4 is 16.8 Å². The molecule has 25 heavy (non-hydrogen) atoms. The molecule has 2 N–H and O–H groups in total. The first-order valence-corrected chi connectivity index (χ1v) is 8.26. The van der Waals surface area contributed by atoms with Crippen LogP contribution < -0.4 is 10.1 Å². The summed E-state index contributed by atoms with van der Waals surface area (Å²) in [5.41, 5.74) is 2.02. The van der Waals surface area contributed by atoms with E-state index >= 15 is 0 Å². The van der Waals surface area contributed by atoms with Gasteiger partial charge in [0.05, 0.1) is 38.1 Å². The second-order valence-electron chi connectivity index (χ2n) is 6.25. The van der Waals surface area contributed by atoms with Gasteiger partial charge >= 0.3 is 0 Å². The van der Waals surface area contributed by atoms with Gasteiger partial charge in [-0.25, -0.2) is 0 Å². The van der Waals surface area contributed by atoms with Crippen molar-refractivity contribution in [2.75, 3.05) is 13.2 Å². The lowest BCUT2D eigenvalue weighted by Gasteiger charge is -2.19. The first kappa shape index (κ1) is 15.7. The quantitative estimate of drug-likeness (QED) is 0.736. The Balaban J connectivity index is 1.39. The van der Waals surface area contributed by atoms with E-state index in [2.05, 4.69) is 15.4 Å². The van der Waals surface area contributed by atoms with Crippen molar-refractivity contribution in [2.45, 2.75) is 18.6 Å². The van der Waals surface area contributed by atoms with Crippen molar-refractivity contribution in [1.29, 1.82) is 0 Å². The number of aryl methyl sites for hydroxylation is 1. The molecule has 7 nitrogen and oxygen atoms in total. The Labute approximate surface area is 144 Å². The lowest BCUT2D eigenvalue weighted by atomic mass is 10.1. The van der Waals surface area contributed by atoms with Gasteiger partial charge in [0.1, 0.15) is 6.10 Å². The van der Waals surface area contributed by atoms with Crippen molar-refractivity contribution in [1.82, 2.24) is 20.1 Å². The van der Waals surface area contributed by atoms with Gasteiger partial charge < -0.3 is 19.8 Å². The number of nitrogens with one attached hydrogen (secondary N) is 2. The molecule has 4 rings (SSSR count). The van der Waals surface area contributed by atoms with E-state index in [0.717, 1.165) is 16.5 Å². The number of carbonyl (C=O) groups excluding carboxylic acids is 1. The molecule has 0 spiro atoms. The third-order valence-electron chi connectivity index (χ3n) is 4.37. The Bertz CT molecular complexity index is 885. The van der Waals surface area contributed by atoms with E-state index in [9.17, 15) is 4.79 Å². The minimum Gasteiger partial charge on any atom is -0.482 e. The Morgan fingerprint density at radius 2 is 2.32 bits per heavy atom. The van der Waals surface area contributed by atoms with Crippen molar-refractivity contribution in [3.8, 4) is 5.75 Å². The fraction of sp³-hybridized carbons (Fsp3) is 0.333. The predicted molar refractivity (Wildman–Crippen MR) is 92.4 cm³/mol. The first-order chi connectivity index (χ1) is 12.2. The average Bonchev–Trinajstić information content (AvgIpc) is 3.31. The summed E-state index contributed by atoms with van der Waals surface area (Å²) in [5.74, 6) is 0.633. The van der Waals surface area contributed by atoms with Gasteiger partial charge in [0.15, 0.2) is 5.75 Å². The van der Waals surface area contributed by atoms with Crippen molar-refractivity contribution in [2.24, 2.45) is 7.05 Å². The van der Waals surface area contributed by atoms with E-state index < -0.39 is 0 Å². The van der Waals surface area contributed by atoms with Crippen LogP contribution in [0.2, 0.25) is 0 Å². The molecule has 3 aromatic rings. The molecule has 1 amide bonds. The van der Waals surface area contributed by atoms with Crippen LogP contribution in [0, 0.1) is 0 Å². The predicted octanol–water partition coefficient (Wildman–Crippen LogP) is 1.41.